The average molecular weight is 330 g/mol. The monoisotopic (exact) mass is 330 g/mol. The summed E-state index contributed by atoms with van der Waals surface area (Å²) in [5, 5.41) is 21.1. The molecule has 0 fully saturated rings. The molecular formula is C20H26O4. The van der Waals surface area contributed by atoms with Crippen molar-refractivity contribution in [1.82, 2.24) is 0 Å². The molecule has 4 heteroatoms. The minimum absolute atomic E-state index is 0.233. The molecule has 4 nitrogen and oxygen atoms in total. The lowest BCUT2D eigenvalue weighted by atomic mass is 9.95. The van der Waals surface area contributed by atoms with Crippen molar-refractivity contribution >= 4 is 0 Å². The molecule has 24 heavy (non-hydrogen) atoms. The molecule has 0 aliphatic carbocycles. The molecular weight excluding hydrogens is 304 g/mol. The summed E-state index contributed by atoms with van der Waals surface area (Å²) in [5.41, 5.74) is 5.31. The van der Waals surface area contributed by atoms with Crippen LogP contribution in [0.3, 0.4) is 0 Å². The summed E-state index contributed by atoms with van der Waals surface area (Å²) in [4.78, 5) is 0. The highest BCUT2D eigenvalue weighted by molar-refractivity contribution is 5.50. The Kier molecular flexibility index (Phi) is 6.23. The third-order valence-corrected chi connectivity index (χ3v) is 4.13. The Morgan fingerprint density at radius 3 is 1.79 bits per heavy atom. The van der Waals surface area contributed by atoms with Crippen molar-refractivity contribution in [3.63, 3.8) is 0 Å². The van der Waals surface area contributed by atoms with E-state index in [1.807, 2.05) is 31.2 Å². The maximum Gasteiger partial charge on any atom is 0.124 e. The molecule has 0 saturated carbocycles. The van der Waals surface area contributed by atoms with Gasteiger partial charge in [0.1, 0.15) is 11.5 Å². The Balaban J connectivity index is 2.45. The molecule has 2 aromatic carbocycles. The quantitative estimate of drug-likeness (QED) is 0.809. The molecule has 2 rings (SSSR count). The van der Waals surface area contributed by atoms with Gasteiger partial charge in [-0.25, -0.2) is 0 Å². The highest BCUT2D eigenvalue weighted by Crippen LogP contribution is 2.32. The normalized spacial score (nSPS) is 11.0. The third kappa shape index (κ3) is 4.08. The molecule has 0 unspecified atom stereocenters. The Labute approximate surface area is 143 Å². The number of aryl methyl sites for hydroxylation is 2. The van der Waals surface area contributed by atoms with E-state index in [9.17, 15) is 10.2 Å². The first-order valence-electron chi connectivity index (χ1n) is 8.13. The van der Waals surface area contributed by atoms with Crippen molar-refractivity contribution in [2.24, 2.45) is 0 Å². The van der Waals surface area contributed by atoms with Crippen LogP contribution in [0.4, 0.5) is 0 Å². The first-order valence-corrected chi connectivity index (χ1v) is 8.13. The summed E-state index contributed by atoms with van der Waals surface area (Å²) in [7, 11) is 3.22. The molecule has 0 amide bonds. The summed E-state index contributed by atoms with van der Waals surface area (Å²) >= 11 is 0. The van der Waals surface area contributed by atoms with Crippen LogP contribution in [-0.2, 0) is 35.5 Å². The number of hydrogen-bond donors (Lipinski definition) is 2. The van der Waals surface area contributed by atoms with Crippen LogP contribution in [-0.4, -0.2) is 24.4 Å². The standard InChI is InChI=1S/C20H26O4/c1-5-14-8-16(20(22)18(9-14)12-24-4)10-15-6-13(2)7-17(11-23-3)19(15)21/h6-9,21-22H,5,10-12H2,1-4H3. The number of phenols is 2. The van der Waals surface area contributed by atoms with E-state index in [-0.39, 0.29) is 11.5 Å². The van der Waals surface area contributed by atoms with Gasteiger partial charge in [-0.05, 0) is 36.1 Å². The van der Waals surface area contributed by atoms with Crippen molar-refractivity contribution in [3.05, 3.63) is 57.6 Å². The van der Waals surface area contributed by atoms with Gasteiger partial charge < -0.3 is 19.7 Å². The van der Waals surface area contributed by atoms with E-state index in [0.29, 0.717) is 19.6 Å². The average Bonchev–Trinajstić information content (AvgIpc) is 2.55. The van der Waals surface area contributed by atoms with Crippen LogP contribution < -0.4 is 0 Å². The molecule has 0 aliphatic rings. The molecule has 0 saturated heterocycles. The minimum Gasteiger partial charge on any atom is -0.507 e. The fourth-order valence-corrected chi connectivity index (χ4v) is 2.98. The molecule has 0 spiro atoms. The number of phenolic OH excluding ortho intramolecular Hbond substituents is 2. The highest BCUT2D eigenvalue weighted by atomic mass is 16.5. The maximum absolute atomic E-state index is 10.5. The number of ether oxygens (including phenoxy) is 2. The Hall–Kier alpha value is -2.04. The second-order valence-electron chi connectivity index (χ2n) is 6.09. The molecule has 0 atom stereocenters. The number of rotatable bonds is 7. The maximum atomic E-state index is 10.5. The first-order chi connectivity index (χ1) is 11.5. The van der Waals surface area contributed by atoms with Crippen LogP contribution in [0.25, 0.3) is 0 Å². The second-order valence-corrected chi connectivity index (χ2v) is 6.09. The molecule has 0 bridgehead atoms. The zero-order valence-electron chi connectivity index (χ0n) is 14.8. The lowest BCUT2D eigenvalue weighted by Gasteiger charge is -2.15. The van der Waals surface area contributed by atoms with Gasteiger partial charge in [0.2, 0.25) is 0 Å². The van der Waals surface area contributed by atoms with Gasteiger partial charge in [-0.15, -0.1) is 0 Å². The van der Waals surface area contributed by atoms with E-state index >= 15 is 0 Å². The van der Waals surface area contributed by atoms with Crippen molar-refractivity contribution in [2.75, 3.05) is 14.2 Å². The molecule has 0 aromatic heterocycles. The van der Waals surface area contributed by atoms with Crippen LogP contribution >= 0.6 is 0 Å². The molecule has 130 valence electrons. The van der Waals surface area contributed by atoms with E-state index < -0.39 is 0 Å². The zero-order valence-corrected chi connectivity index (χ0v) is 14.8. The summed E-state index contributed by atoms with van der Waals surface area (Å²) in [6, 6.07) is 7.82. The predicted molar refractivity (Wildman–Crippen MR) is 94.6 cm³/mol. The lowest BCUT2D eigenvalue weighted by Crippen LogP contribution is -2.00. The number of aromatic hydroxyl groups is 2. The van der Waals surface area contributed by atoms with Crippen LogP contribution in [0, 0.1) is 6.92 Å². The summed E-state index contributed by atoms with van der Waals surface area (Å²) < 4.78 is 10.3. The Bertz CT molecular complexity index is 707. The fraction of sp³-hybridized carbons (Fsp3) is 0.400. The van der Waals surface area contributed by atoms with Gasteiger partial charge in [0.15, 0.2) is 0 Å². The Morgan fingerprint density at radius 2 is 1.25 bits per heavy atom. The topological polar surface area (TPSA) is 58.9 Å². The van der Waals surface area contributed by atoms with Gasteiger partial charge in [0.25, 0.3) is 0 Å². The smallest absolute Gasteiger partial charge is 0.124 e. The predicted octanol–water partition coefficient (Wildman–Crippen LogP) is 3.85. The molecule has 0 radical (unpaired) electrons. The summed E-state index contributed by atoms with van der Waals surface area (Å²) in [6.07, 6.45) is 1.33. The van der Waals surface area contributed by atoms with Gasteiger partial charge in [-0.2, -0.15) is 0 Å². The largest absolute Gasteiger partial charge is 0.507 e. The van der Waals surface area contributed by atoms with Crippen molar-refractivity contribution in [3.8, 4) is 11.5 Å². The van der Waals surface area contributed by atoms with Gasteiger partial charge in [-0.1, -0.05) is 30.7 Å². The van der Waals surface area contributed by atoms with E-state index in [0.717, 1.165) is 39.8 Å². The Morgan fingerprint density at radius 1 is 0.792 bits per heavy atom. The molecule has 0 aliphatic heterocycles. The van der Waals surface area contributed by atoms with Crippen LogP contribution in [0.1, 0.15) is 40.3 Å². The SMILES string of the molecule is CCc1cc(COC)c(O)c(Cc2cc(C)cc(COC)c2O)c1. The van der Waals surface area contributed by atoms with Gasteiger partial charge >= 0.3 is 0 Å². The van der Waals surface area contributed by atoms with Crippen molar-refractivity contribution in [1.29, 1.82) is 0 Å². The van der Waals surface area contributed by atoms with Crippen molar-refractivity contribution < 1.29 is 19.7 Å². The lowest BCUT2D eigenvalue weighted by molar-refractivity contribution is 0.181. The van der Waals surface area contributed by atoms with Crippen molar-refractivity contribution in [2.45, 2.75) is 39.9 Å². The van der Waals surface area contributed by atoms with Gasteiger partial charge in [0, 0.05) is 31.8 Å². The van der Waals surface area contributed by atoms with E-state index in [4.69, 9.17) is 9.47 Å². The number of methoxy groups -OCH3 is 2. The van der Waals surface area contributed by atoms with E-state index in [1.54, 1.807) is 14.2 Å². The van der Waals surface area contributed by atoms with E-state index in [1.165, 1.54) is 0 Å². The molecule has 2 N–H and O–H groups in total. The van der Waals surface area contributed by atoms with Crippen LogP contribution in [0.15, 0.2) is 24.3 Å². The van der Waals surface area contributed by atoms with Gasteiger partial charge in [-0.3, -0.25) is 0 Å². The highest BCUT2D eigenvalue weighted by Gasteiger charge is 2.14. The van der Waals surface area contributed by atoms with Crippen LogP contribution in [0.2, 0.25) is 0 Å². The fourth-order valence-electron chi connectivity index (χ4n) is 2.98. The molecule has 2 aromatic rings. The number of hydrogen-bond acceptors (Lipinski definition) is 4. The molecule has 0 heterocycles. The minimum atomic E-state index is 0.233. The van der Waals surface area contributed by atoms with E-state index in [2.05, 4.69) is 6.92 Å². The summed E-state index contributed by atoms with van der Waals surface area (Å²) in [5.74, 6) is 0.472. The first kappa shape index (κ1) is 18.3. The zero-order chi connectivity index (χ0) is 17.7. The second kappa shape index (κ2) is 8.18. The van der Waals surface area contributed by atoms with Gasteiger partial charge in [0.05, 0.1) is 13.2 Å². The van der Waals surface area contributed by atoms with Crippen LogP contribution in [0.5, 0.6) is 11.5 Å². The third-order valence-electron chi connectivity index (χ3n) is 4.13. The number of benzene rings is 2. The summed E-state index contributed by atoms with van der Waals surface area (Å²) in [6.45, 7) is 4.78.